The number of hydrazine groups is 1. The summed E-state index contributed by atoms with van der Waals surface area (Å²) in [6.45, 7) is 4.31. The number of morpholine rings is 1. The number of benzene rings is 1. The van der Waals surface area contributed by atoms with Crippen molar-refractivity contribution in [3.8, 4) is 0 Å². The highest BCUT2D eigenvalue weighted by Crippen LogP contribution is 2.36. The molecule has 2 aromatic heterocycles. The molecule has 0 spiro atoms. The molecule has 4 heterocycles. The number of allylic oxidation sites excluding steroid dienone is 1. The average molecular weight is 487 g/mol. The number of ether oxygens (including phenoxy) is 1. The second kappa shape index (κ2) is 10.6. The number of carbonyl (C=O) groups excluding carboxylic acids is 1. The molecule has 1 unspecified atom stereocenters. The van der Waals surface area contributed by atoms with Gasteiger partial charge in [0.25, 0.3) is 5.91 Å². The average Bonchev–Trinajstić information content (AvgIpc) is 2.89. The largest absolute Gasteiger partial charge is 0.378 e. The molecule has 1 aromatic carbocycles. The van der Waals surface area contributed by atoms with Crippen LogP contribution >= 0.6 is 0 Å². The molecule has 0 bridgehead atoms. The Morgan fingerprint density at radius 1 is 1.14 bits per heavy atom. The number of fused-ring (bicyclic) bond motifs is 1. The van der Waals surface area contributed by atoms with E-state index in [2.05, 4.69) is 25.6 Å². The summed E-state index contributed by atoms with van der Waals surface area (Å²) in [5.41, 5.74) is 7.88. The van der Waals surface area contributed by atoms with Crippen LogP contribution in [0.15, 0.2) is 79.2 Å². The van der Waals surface area contributed by atoms with Crippen molar-refractivity contribution in [2.75, 3.05) is 41.9 Å². The summed E-state index contributed by atoms with van der Waals surface area (Å²) < 4.78 is 18.6. The number of nitrogens with zero attached hydrogens (tertiary/aromatic N) is 4. The Morgan fingerprint density at radius 3 is 2.78 bits per heavy atom. The van der Waals surface area contributed by atoms with Crippen LogP contribution in [0.1, 0.15) is 29.7 Å². The molecule has 36 heavy (non-hydrogen) atoms. The summed E-state index contributed by atoms with van der Waals surface area (Å²) in [7, 11) is 0. The summed E-state index contributed by atoms with van der Waals surface area (Å²) in [5, 5.41) is 4.73. The second-order valence-corrected chi connectivity index (χ2v) is 8.59. The van der Waals surface area contributed by atoms with Gasteiger partial charge in [-0.05, 0) is 60.0 Å². The topological polar surface area (TPSA) is 82.6 Å². The van der Waals surface area contributed by atoms with E-state index in [1.54, 1.807) is 12.3 Å². The number of anilines is 3. The second-order valence-electron chi connectivity index (χ2n) is 8.59. The third-order valence-corrected chi connectivity index (χ3v) is 6.02. The standard InChI is InChI=1S/C27H27FN6O2/c1-19(28)15-26(35)31-22-4-2-3-20(16-22)27-24-7-9-29-17-21(24)8-10-34(27)32-23-5-6-25(30-18-23)33-11-13-36-14-12-33/h2-10,15-18,27,32H,11-14H2,1H3,(H,31,35)/b19-15+. The van der Waals surface area contributed by atoms with E-state index in [-0.39, 0.29) is 6.04 Å². The number of amides is 1. The van der Waals surface area contributed by atoms with Crippen molar-refractivity contribution in [2.45, 2.75) is 13.0 Å². The predicted octanol–water partition coefficient (Wildman–Crippen LogP) is 4.53. The quantitative estimate of drug-likeness (QED) is 0.496. The molecule has 2 N–H and O–H groups in total. The van der Waals surface area contributed by atoms with Gasteiger partial charge in [-0.3, -0.25) is 20.2 Å². The predicted molar refractivity (Wildman–Crippen MR) is 138 cm³/mol. The first-order valence-corrected chi connectivity index (χ1v) is 11.8. The summed E-state index contributed by atoms with van der Waals surface area (Å²) in [6, 6.07) is 13.3. The molecule has 1 amide bonds. The van der Waals surface area contributed by atoms with Crippen LogP contribution in [-0.4, -0.2) is 47.2 Å². The van der Waals surface area contributed by atoms with Gasteiger partial charge in [0.15, 0.2) is 0 Å². The molecule has 2 aliphatic rings. The molecule has 1 fully saturated rings. The van der Waals surface area contributed by atoms with Gasteiger partial charge in [-0.1, -0.05) is 12.1 Å². The van der Waals surface area contributed by atoms with E-state index in [0.29, 0.717) is 18.9 Å². The number of aromatic nitrogens is 2. The van der Waals surface area contributed by atoms with Crippen molar-refractivity contribution in [3.63, 3.8) is 0 Å². The lowest BCUT2D eigenvalue weighted by Crippen LogP contribution is -2.36. The first-order valence-electron chi connectivity index (χ1n) is 11.8. The van der Waals surface area contributed by atoms with Crippen molar-refractivity contribution in [3.05, 3.63) is 95.8 Å². The Labute approximate surface area is 209 Å². The SMILES string of the molecule is C/C(F)=C\C(=O)Nc1cccc(C2c3ccncc3C=CN2Nc2ccc(N3CCOCC3)nc2)c1. The molecule has 184 valence electrons. The molecule has 9 heteroatoms. The van der Waals surface area contributed by atoms with Crippen molar-refractivity contribution in [1.82, 2.24) is 15.0 Å². The van der Waals surface area contributed by atoms with Gasteiger partial charge in [0.1, 0.15) is 17.7 Å². The lowest BCUT2D eigenvalue weighted by molar-refractivity contribution is -0.112. The van der Waals surface area contributed by atoms with Crippen molar-refractivity contribution < 1.29 is 13.9 Å². The van der Waals surface area contributed by atoms with E-state index >= 15 is 0 Å². The first-order chi connectivity index (χ1) is 17.6. The van der Waals surface area contributed by atoms with Crippen LogP contribution < -0.4 is 15.6 Å². The number of hydrogen-bond acceptors (Lipinski definition) is 7. The van der Waals surface area contributed by atoms with Gasteiger partial charge in [-0.15, -0.1) is 0 Å². The van der Waals surface area contributed by atoms with E-state index < -0.39 is 11.7 Å². The molecule has 3 aromatic rings. The van der Waals surface area contributed by atoms with Crippen LogP contribution in [0.5, 0.6) is 0 Å². The Morgan fingerprint density at radius 2 is 2.00 bits per heavy atom. The minimum Gasteiger partial charge on any atom is -0.378 e. The van der Waals surface area contributed by atoms with E-state index in [9.17, 15) is 9.18 Å². The first kappa shape index (κ1) is 23.5. The van der Waals surface area contributed by atoms with Gasteiger partial charge in [-0.25, -0.2) is 9.37 Å². The van der Waals surface area contributed by atoms with Crippen LogP contribution in [0.3, 0.4) is 0 Å². The smallest absolute Gasteiger partial charge is 0.250 e. The highest BCUT2D eigenvalue weighted by molar-refractivity contribution is 5.99. The lowest BCUT2D eigenvalue weighted by atomic mass is 9.93. The summed E-state index contributed by atoms with van der Waals surface area (Å²) in [4.78, 5) is 23.2. The maximum absolute atomic E-state index is 13.1. The molecule has 8 nitrogen and oxygen atoms in total. The van der Waals surface area contributed by atoms with Gasteiger partial charge in [0.2, 0.25) is 0 Å². The minimum absolute atomic E-state index is 0.206. The zero-order valence-corrected chi connectivity index (χ0v) is 19.9. The molecule has 0 radical (unpaired) electrons. The van der Waals surface area contributed by atoms with Gasteiger partial charge < -0.3 is 15.0 Å². The molecular formula is C27H27FN6O2. The van der Waals surface area contributed by atoms with Crippen LogP contribution in [0.2, 0.25) is 0 Å². The summed E-state index contributed by atoms with van der Waals surface area (Å²) in [6.07, 6.45) is 10.3. The number of halogens is 1. The number of pyridine rings is 2. The third kappa shape index (κ3) is 5.36. The molecule has 0 saturated carbocycles. The Kier molecular flexibility index (Phi) is 6.90. The molecule has 1 atom stereocenters. The van der Waals surface area contributed by atoms with E-state index in [1.165, 1.54) is 6.92 Å². The monoisotopic (exact) mass is 486 g/mol. The zero-order chi connectivity index (χ0) is 24.9. The Bertz CT molecular complexity index is 1280. The van der Waals surface area contributed by atoms with Gasteiger partial charge in [0.05, 0.1) is 25.1 Å². The summed E-state index contributed by atoms with van der Waals surface area (Å²) >= 11 is 0. The van der Waals surface area contributed by atoms with E-state index in [0.717, 1.165) is 47.4 Å². The van der Waals surface area contributed by atoms with E-state index in [1.807, 2.05) is 66.1 Å². The van der Waals surface area contributed by atoms with Crippen molar-refractivity contribution in [2.24, 2.45) is 0 Å². The summed E-state index contributed by atoms with van der Waals surface area (Å²) in [5.74, 6) is -0.139. The third-order valence-electron chi connectivity index (χ3n) is 6.02. The highest BCUT2D eigenvalue weighted by Gasteiger charge is 2.26. The molecular weight excluding hydrogens is 459 g/mol. The zero-order valence-electron chi connectivity index (χ0n) is 19.9. The number of rotatable bonds is 6. The molecule has 5 rings (SSSR count). The Hall–Kier alpha value is -4.24. The normalized spacial score (nSPS) is 17.5. The molecule has 2 aliphatic heterocycles. The molecule has 1 saturated heterocycles. The van der Waals surface area contributed by atoms with Crippen LogP contribution in [0.4, 0.5) is 21.6 Å². The fourth-order valence-corrected chi connectivity index (χ4v) is 4.37. The lowest BCUT2D eigenvalue weighted by Gasteiger charge is -2.36. The maximum atomic E-state index is 13.1. The van der Waals surface area contributed by atoms with Crippen LogP contribution in [0, 0.1) is 0 Å². The minimum atomic E-state index is -0.550. The van der Waals surface area contributed by atoms with Crippen LogP contribution in [-0.2, 0) is 9.53 Å². The molecule has 0 aliphatic carbocycles. The Balaban J connectivity index is 1.41. The van der Waals surface area contributed by atoms with Gasteiger partial charge >= 0.3 is 0 Å². The number of carbonyl (C=O) groups is 1. The van der Waals surface area contributed by atoms with Crippen molar-refractivity contribution in [1.29, 1.82) is 0 Å². The van der Waals surface area contributed by atoms with E-state index in [4.69, 9.17) is 4.74 Å². The fraction of sp³-hybridized carbons (Fsp3) is 0.222. The van der Waals surface area contributed by atoms with Crippen LogP contribution in [0.25, 0.3) is 6.08 Å². The highest BCUT2D eigenvalue weighted by atomic mass is 19.1. The van der Waals surface area contributed by atoms with Gasteiger partial charge in [-0.2, -0.15) is 0 Å². The fourth-order valence-electron chi connectivity index (χ4n) is 4.37. The maximum Gasteiger partial charge on any atom is 0.250 e. The van der Waals surface area contributed by atoms with Gasteiger partial charge in [0, 0.05) is 43.4 Å². The van der Waals surface area contributed by atoms with Crippen molar-refractivity contribution >= 4 is 29.2 Å². The number of hydrogen-bond donors (Lipinski definition) is 2. The number of nitrogens with one attached hydrogen (secondary N) is 2.